The SMILES string of the molecule is C[C@H](N)c1nccc(F)n1. The third-order valence-electron chi connectivity index (χ3n) is 1.05. The van der Waals surface area contributed by atoms with Crippen LogP contribution in [0.1, 0.15) is 18.8 Å². The summed E-state index contributed by atoms with van der Waals surface area (Å²) in [5, 5.41) is 0. The Labute approximate surface area is 58.1 Å². The molecular formula is C6H8FN3. The molecule has 54 valence electrons. The Morgan fingerprint density at radius 2 is 2.40 bits per heavy atom. The first-order chi connectivity index (χ1) is 4.70. The Bertz CT molecular complexity index is 224. The van der Waals surface area contributed by atoms with Crippen LogP contribution in [0.2, 0.25) is 0 Å². The van der Waals surface area contributed by atoms with Crippen LogP contribution in [-0.2, 0) is 0 Å². The zero-order valence-corrected chi connectivity index (χ0v) is 5.58. The minimum atomic E-state index is -0.540. The van der Waals surface area contributed by atoms with Crippen molar-refractivity contribution < 1.29 is 4.39 Å². The predicted octanol–water partition coefficient (Wildman–Crippen LogP) is 0.635. The smallest absolute Gasteiger partial charge is 0.216 e. The topological polar surface area (TPSA) is 51.8 Å². The second-order valence-electron chi connectivity index (χ2n) is 2.03. The van der Waals surface area contributed by atoms with E-state index in [0.29, 0.717) is 5.82 Å². The molecule has 0 radical (unpaired) electrons. The molecule has 1 aromatic heterocycles. The van der Waals surface area contributed by atoms with Gasteiger partial charge in [-0.2, -0.15) is 4.39 Å². The van der Waals surface area contributed by atoms with Gasteiger partial charge in [0, 0.05) is 12.3 Å². The molecule has 10 heavy (non-hydrogen) atoms. The van der Waals surface area contributed by atoms with E-state index in [1.807, 2.05) is 0 Å². The Hall–Kier alpha value is -1.03. The first kappa shape index (κ1) is 7.08. The largest absolute Gasteiger partial charge is 0.322 e. The van der Waals surface area contributed by atoms with Crippen molar-refractivity contribution in [2.24, 2.45) is 5.73 Å². The Balaban J connectivity index is 2.96. The zero-order chi connectivity index (χ0) is 7.56. The Morgan fingerprint density at radius 3 is 2.80 bits per heavy atom. The van der Waals surface area contributed by atoms with Gasteiger partial charge < -0.3 is 5.73 Å². The van der Waals surface area contributed by atoms with E-state index < -0.39 is 5.95 Å². The van der Waals surface area contributed by atoms with Crippen molar-refractivity contribution in [2.75, 3.05) is 0 Å². The molecule has 1 rings (SSSR count). The Morgan fingerprint density at radius 1 is 1.70 bits per heavy atom. The molecule has 2 N–H and O–H groups in total. The minimum Gasteiger partial charge on any atom is -0.322 e. The highest BCUT2D eigenvalue weighted by Gasteiger charge is 2.01. The summed E-state index contributed by atoms with van der Waals surface area (Å²) in [7, 11) is 0. The molecule has 0 unspecified atom stereocenters. The van der Waals surface area contributed by atoms with E-state index in [-0.39, 0.29) is 6.04 Å². The molecule has 0 saturated carbocycles. The van der Waals surface area contributed by atoms with Crippen LogP contribution >= 0.6 is 0 Å². The van der Waals surface area contributed by atoms with Crippen LogP contribution in [0.15, 0.2) is 12.3 Å². The van der Waals surface area contributed by atoms with Crippen molar-refractivity contribution in [3.63, 3.8) is 0 Å². The number of hydrogen-bond donors (Lipinski definition) is 1. The summed E-state index contributed by atoms with van der Waals surface area (Å²) in [6.45, 7) is 1.70. The van der Waals surface area contributed by atoms with Crippen LogP contribution in [0.3, 0.4) is 0 Å². The van der Waals surface area contributed by atoms with Gasteiger partial charge >= 0.3 is 0 Å². The van der Waals surface area contributed by atoms with Crippen molar-refractivity contribution in [3.8, 4) is 0 Å². The summed E-state index contributed by atoms with van der Waals surface area (Å²) in [4.78, 5) is 7.23. The number of aromatic nitrogens is 2. The molecule has 0 aromatic carbocycles. The first-order valence-corrected chi connectivity index (χ1v) is 2.94. The lowest BCUT2D eigenvalue weighted by atomic mass is 10.3. The highest BCUT2D eigenvalue weighted by Crippen LogP contribution is 2.01. The average molecular weight is 141 g/mol. The number of hydrogen-bond acceptors (Lipinski definition) is 3. The van der Waals surface area contributed by atoms with Crippen LogP contribution in [-0.4, -0.2) is 9.97 Å². The molecule has 3 nitrogen and oxygen atoms in total. The number of rotatable bonds is 1. The van der Waals surface area contributed by atoms with E-state index in [0.717, 1.165) is 0 Å². The summed E-state index contributed by atoms with van der Waals surface area (Å²) in [6, 6.07) is 0.877. The molecule has 1 atom stereocenters. The third-order valence-corrected chi connectivity index (χ3v) is 1.05. The monoisotopic (exact) mass is 141 g/mol. The molecule has 0 aliphatic carbocycles. The maximum absolute atomic E-state index is 12.3. The lowest BCUT2D eigenvalue weighted by molar-refractivity contribution is 0.559. The van der Waals surface area contributed by atoms with Gasteiger partial charge in [-0.25, -0.2) is 9.97 Å². The van der Waals surface area contributed by atoms with Crippen molar-refractivity contribution in [2.45, 2.75) is 13.0 Å². The summed E-state index contributed by atoms with van der Waals surface area (Å²) in [6.07, 6.45) is 1.35. The normalized spacial score (nSPS) is 13.1. The van der Waals surface area contributed by atoms with Gasteiger partial charge in [0.1, 0.15) is 5.82 Å². The van der Waals surface area contributed by atoms with E-state index in [2.05, 4.69) is 9.97 Å². The van der Waals surface area contributed by atoms with Crippen molar-refractivity contribution in [1.82, 2.24) is 9.97 Å². The second kappa shape index (κ2) is 2.70. The molecular weight excluding hydrogens is 133 g/mol. The summed E-state index contributed by atoms with van der Waals surface area (Å²) >= 11 is 0. The van der Waals surface area contributed by atoms with Gasteiger partial charge in [-0.1, -0.05) is 0 Å². The van der Waals surface area contributed by atoms with Crippen LogP contribution < -0.4 is 5.73 Å². The molecule has 0 spiro atoms. The van der Waals surface area contributed by atoms with Gasteiger partial charge in [-0.05, 0) is 6.92 Å². The number of nitrogens with zero attached hydrogens (tertiary/aromatic N) is 2. The van der Waals surface area contributed by atoms with Gasteiger partial charge in [0.05, 0.1) is 6.04 Å². The molecule has 0 saturated heterocycles. The summed E-state index contributed by atoms with van der Waals surface area (Å²) in [5.74, 6) is -0.206. The lowest BCUT2D eigenvalue weighted by Gasteiger charge is -2.00. The molecule has 1 heterocycles. The maximum atomic E-state index is 12.3. The number of nitrogens with two attached hydrogens (primary N) is 1. The maximum Gasteiger partial charge on any atom is 0.216 e. The van der Waals surface area contributed by atoms with Crippen molar-refractivity contribution >= 4 is 0 Å². The quantitative estimate of drug-likeness (QED) is 0.584. The second-order valence-corrected chi connectivity index (χ2v) is 2.03. The summed E-state index contributed by atoms with van der Waals surface area (Å²) in [5.41, 5.74) is 5.39. The van der Waals surface area contributed by atoms with Crippen LogP contribution in [0, 0.1) is 5.95 Å². The van der Waals surface area contributed by atoms with Crippen LogP contribution in [0.5, 0.6) is 0 Å². The first-order valence-electron chi connectivity index (χ1n) is 2.94. The molecule has 0 bridgehead atoms. The molecule has 0 aliphatic heterocycles. The zero-order valence-electron chi connectivity index (χ0n) is 5.58. The van der Waals surface area contributed by atoms with Crippen molar-refractivity contribution in [3.05, 3.63) is 24.0 Å². The van der Waals surface area contributed by atoms with Crippen LogP contribution in [0.4, 0.5) is 4.39 Å². The van der Waals surface area contributed by atoms with E-state index in [1.165, 1.54) is 12.3 Å². The number of halogens is 1. The van der Waals surface area contributed by atoms with Gasteiger partial charge in [-0.15, -0.1) is 0 Å². The van der Waals surface area contributed by atoms with Crippen molar-refractivity contribution in [1.29, 1.82) is 0 Å². The van der Waals surface area contributed by atoms with Gasteiger partial charge in [-0.3, -0.25) is 0 Å². The van der Waals surface area contributed by atoms with E-state index in [1.54, 1.807) is 6.92 Å². The summed E-state index contributed by atoms with van der Waals surface area (Å²) < 4.78 is 12.3. The standard InChI is InChI=1S/C6H8FN3/c1-4(8)6-9-3-2-5(7)10-6/h2-4H,8H2,1H3/t4-/m0/s1. The predicted molar refractivity (Wildman–Crippen MR) is 34.6 cm³/mol. The lowest BCUT2D eigenvalue weighted by Crippen LogP contribution is -2.10. The van der Waals surface area contributed by atoms with Crippen LogP contribution in [0.25, 0.3) is 0 Å². The fourth-order valence-electron chi connectivity index (χ4n) is 0.570. The highest BCUT2D eigenvalue weighted by atomic mass is 19.1. The molecule has 0 fully saturated rings. The average Bonchev–Trinajstić information content (AvgIpc) is 1.88. The molecule has 0 aliphatic rings. The molecule has 0 amide bonds. The Kier molecular flexibility index (Phi) is 1.91. The molecule has 4 heteroatoms. The minimum absolute atomic E-state index is 0.310. The van der Waals surface area contributed by atoms with E-state index in [4.69, 9.17) is 5.73 Å². The van der Waals surface area contributed by atoms with Gasteiger partial charge in [0.15, 0.2) is 0 Å². The van der Waals surface area contributed by atoms with E-state index in [9.17, 15) is 4.39 Å². The van der Waals surface area contributed by atoms with Gasteiger partial charge in [0.25, 0.3) is 0 Å². The molecule has 1 aromatic rings. The van der Waals surface area contributed by atoms with E-state index >= 15 is 0 Å². The fourth-order valence-corrected chi connectivity index (χ4v) is 0.570. The highest BCUT2D eigenvalue weighted by molar-refractivity contribution is 4.94. The fraction of sp³-hybridized carbons (Fsp3) is 0.333. The van der Waals surface area contributed by atoms with Gasteiger partial charge in [0.2, 0.25) is 5.95 Å². The third kappa shape index (κ3) is 1.48.